The van der Waals surface area contributed by atoms with Gasteiger partial charge in [-0.2, -0.15) is 0 Å². The Kier molecular flexibility index (Phi) is 6.34. The quantitative estimate of drug-likeness (QED) is 0.649. The van der Waals surface area contributed by atoms with Gasteiger partial charge in [0.1, 0.15) is 0 Å². The second-order valence-electron chi connectivity index (χ2n) is 7.62. The molecule has 0 atom stereocenters. The molecule has 29 heavy (non-hydrogen) atoms. The molecule has 152 valence electrons. The van der Waals surface area contributed by atoms with E-state index in [0.717, 1.165) is 35.1 Å². The van der Waals surface area contributed by atoms with Crippen LogP contribution in [0.5, 0.6) is 0 Å². The maximum absolute atomic E-state index is 12.3. The van der Waals surface area contributed by atoms with Crippen LogP contribution in [0.1, 0.15) is 21.5 Å². The summed E-state index contributed by atoms with van der Waals surface area (Å²) in [5, 5.41) is 6.59. The number of anilines is 1. The van der Waals surface area contributed by atoms with Gasteiger partial charge in [-0.3, -0.25) is 9.59 Å². The fourth-order valence-electron chi connectivity index (χ4n) is 3.13. The van der Waals surface area contributed by atoms with Gasteiger partial charge in [-0.15, -0.1) is 0 Å². The minimum Gasteiger partial charge on any atom is -0.346 e. The third kappa shape index (κ3) is 5.23. The van der Waals surface area contributed by atoms with Gasteiger partial charge in [0.25, 0.3) is 5.91 Å². The molecule has 0 unspecified atom stereocenters. The smallest absolute Gasteiger partial charge is 0.251 e. The van der Waals surface area contributed by atoms with Crippen LogP contribution in [0.15, 0.2) is 48.7 Å². The van der Waals surface area contributed by atoms with Gasteiger partial charge in [-0.25, -0.2) is 0 Å². The fourth-order valence-corrected chi connectivity index (χ4v) is 3.13. The van der Waals surface area contributed by atoms with E-state index in [1.54, 1.807) is 6.07 Å². The molecule has 2 aromatic carbocycles. The van der Waals surface area contributed by atoms with E-state index >= 15 is 0 Å². The van der Waals surface area contributed by atoms with Crippen molar-refractivity contribution in [1.29, 1.82) is 0 Å². The molecule has 0 aliphatic heterocycles. The molecule has 0 saturated carbocycles. The van der Waals surface area contributed by atoms with Crippen LogP contribution < -0.4 is 10.6 Å². The van der Waals surface area contributed by atoms with E-state index in [-0.39, 0.29) is 18.4 Å². The van der Waals surface area contributed by atoms with Gasteiger partial charge in [-0.05, 0) is 75.5 Å². The number of nitrogens with one attached hydrogen (secondary N) is 2. The summed E-state index contributed by atoms with van der Waals surface area (Å²) in [4.78, 5) is 26.7. The number of likely N-dealkylation sites (N-methyl/N-ethyl adjacent to an activating group) is 1. The Balaban J connectivity index is 1.58. The molecule has 0 aliphatic rings. The van der Waals surface area contributed by atoms with E-state index in [9.17, 15) is 9.59 Å². The van der Waals surface area contributed by atoms with E-state index in [1.165, 1.54) is 0 Å². The van der Waals surface area contributed by atoms with Crippen molar-refractivity contribution in [3.8, 4) is 0 Å². The molecule has 0 fully saturated rings. The minimum absolute atomic E-state index is 0.0758. The Bertz CT molecular complexity index is 1040. The van der Waals surface area contributed by atoms with Gasteiger partial charge >= 0.3 is 0 Å². The molecule has 0 saturated heterocycles. The number of carbonyl (C=O) groups excluding carboxylic acids is 2. The zero-order valence-electron chi connectivity index (χ0n) is 17.5. The fraction of sp³-hybridized carbons (Fsp3) is 0.304. The highest BCUT2D eigenvalue weighted by molar-refractivity contribution is 6.00. The molecule has 0 aliphatic carbocycles. The van der Waals surface area contributed by atoms with Crippen LogP contribution in [0, 0.1) is 13.8 Å². The zero-order valence-corrected chi connectivity index (χ0v) is 17.5. The number of aryl methyl sites for hydroxylation is 2. The average Bonchev–Trinajstić information content (AvgIpc) is 3.08. The molecular formula is C23H28N4O2. The molecule has 0 spiro atoms. The summed E-state index contributed by atoms with van der Waals surface area (Å²) in [5.74, 6) is -0.509. The molecule has 1 aromatic heterocycles. The molecule has 3 aromatic rings. The van der Waals surface area contributed by atoms with Crippen molar-refractivity contribution in [2.45, 2.75) is 20.4 Å². The first-order valence-corrected chi connectivity index (χ1v) is 9.72. The lowest BCUT2D eigenvalue weighted by Crippen LogP contribution is -2.32. The third-order valence-electron chi connectivity index (χ3n) is 5.02. The van der Waals surface area contributed by atoms with Crippen molar-refractivity contribution in [3.05, 3.63) is 65.4 Å². The SMILES string of the molecule is Cc1ccc(C(=O)NCC(=O)Nc2ccc3c(ccn3CCN(C)C)c2)cc1C. The average molecular weight is 393 g/mol. The number of fused-ring (bicyclic) bond motifs is 1. The van der Waals surface area contributed by atoms with Crippen molar-refractivity contribution in [1.82, 2.24) is 14.8 Å². The number of amides is 2. The number of hydrogen-bond donors (Lipinski definition) is 2. The van der Waals surface area contributed by atoms with E-state index in [2.05, 4.69) is 40.4 Å². The van der Waals surface area contributed by atoms with Crippen molar-refractivity contribution in [2.24, 2.45) is 0 Å². The summed E-state index contributed by atoms with van der Waals surface area (Å²) >= 11 is 0. The second kappa shape index (κ2) is 8.92. The van der Waals surface area contributed by atoms with Gasteiger partial charge in [0.2, 0.25) is 5.91 Å². The first-order valence-electron chi connectivity index (χ1n) is 9.72. The van der Waals surface area contributed by atoms with Crippen LogP contribution in [0.25, 0.3) is 10.9 Å². The number of nitrogens with zero attached hydrogens (tertiary/aromatic N) is 2. The van der Waals surface area contributed by atoms with Crippen LogP contribution in [-0.2, 0) is 11.3 Å². The standard InChI is InChI=1S/C23H28N4O2/c1-16-5-6-19(13-17(16)2)23(29)24-15-22(28)25-20-7-8-21-18(14-20)9-10-27(21)12-11-26(3)4/h5-10,13-14H,11-12,15H2,1-4H3,(H,24,29)(H,25,28). The second-order valence-corrected chi connectivity index (χ2v) is 7.62. The summed E-state index contributed by atoms with van der Waals surface area (Å²) < 4.78 is 2.20. The number of aromatic nitrogens is 1. The molecule has 2 N–H and O–H groups in total. The molecule has 2 amide bonds. The van der Waals surface area contributed by atoms with Crippen molar-refractivity contribution in [3.63, 3.8) is 0 Å². The van der Waals surface area contributed by atoms with E-state index in [0.29, 0.717) is 11.3 Å². The predicted molar refractivity (Wildman–Crippen MR) is 117 cm³/mol. The first kappa shape index (κ1) is 20.6. The summed E-state index contributed by atoms with van der Waals surface area (Å²) in [5.41, 5.74) is 4.58. The number of carbonyl (C=O) groups is 2. The van der Waals surface area contributed by atoms with Crippen molar-refractivity contribution >= 4 is 28.4 Å². The topological polar surface area (TPSA) is 66.4 Å². The zero-order chi connectivity index (χ0) is 21.0. The Labute approximate surface area is 171 Å². The molecule has 1 heterocycles. The molecule has 0 bridgehead atoms. The van der Waals surface area contributed by atoms with Crippen molar-refractivity contribution in [2.75, 3.05) is 32.5 Å². The predicted octanol–water partition coefficient (Wildman–Crippen LogP) is 3.19. The van der Waals surface area contributed by atoms with Crippen LogP contribution >= 0.6 is 0 Å². The molecule has 0 radical (unpaired) electrons. The molecule has 3 rings (SSSR count). The lowest BCUT2D eigenvalue weighted by molar-refractivity contribution is -0.115. The third-order valence-corrected chi connectivity index (χ3v) is 5.02. The van der Waals surface area contributed by atoms with Crippen LogP contribution in [0.3, 0.4) is 0 Å². The normalized spacial score (nSPS) is 11.1. The highest BCUT2D eigenvalue weighted by Gasteiger charge is 2.10. The first-order chi connectivity index (χ1) is 13.8. The van der Waals surface area contributed by atoms with E-state index in [1.807, 2.05) is 50.2 Å². The number of benzene rings is 2. The largest absolute Gasteiger partial charge is 0.346 e. The van der Waals surface area contributed by atoms with E-state index < -0.39 is 0 Å². The van der Waals surface area contributed by atoms with Crippen molar-refractivity contribution < 1.29 is 9.59 Å². The van der Waals surface area contributed by atoms with Gasteiger partial charge in [0.15, 0.2) is 0 Å². The lowest BCUT2D eigenvalue weighted by Gasteiger charge is -2.11. The van der Waals surface area contributed by atoms with Crippen LogP contribution in [-0.4, -0.2) is 48.5 Å². The highest BCUT2D eigenvalue weighted by atomic mass is 16.2. The number of rotatable bonds is 7. The maximum atomic E-state index is 12.3. The van der Waals surface area contributed by atoms with Gasteiger partial charge in [0.05, 0.1) is 6.54 Å². The summed E-state index contributed by atoms with van der Waals surface area (Å²) in [6.45, 7) is 5.75. The van der Waals surface area contributed by atoms with Gasteiger partial charge in [0, 0.05) is 41.4 Å². The monoisotopic (exact) mass is 392 g/mol. The maximum Gasteiger partial charge on any atom is 0.251 e. The number of hydrogen-bond acceptors (Lipinski definition) is 3. The van der Waals surface area contributed by atoms with Gasteiger partial charge in [-0.1, -0.05) is 6.07 Å². The van der Waals surface area contributed by atoms with Crippen LogP contribution in [0.2, 0.25) is 0 Å². The Morgan fingerprint density at radius 1 is 1.00 bits per heavy atom. The lowest BCUT2D eigenvalue weighted by atomic mass is 10.1. The summed E-state index contributed by atoms with van der Waals surface area (Å²) in [6, 6.07) is 13.4. The molecule has 6 nitrogen and oxygen atoms in total. The Hall–Kier alpha value is -3.12. The van der Waals surface area contributed by atoms with E-state index in [4.69, 9.17) is 0 Å². The molecule has 6 heteroatoms. The molecular weight excluding hydrogens is 364 g/mol. The summed E-state index contributed by atoms with van der Waals surface area (Å²) in [6.07, 6.45) is 2.06. The minimum atomic E-state index is -0.256. The Morgan fingerprint density at radius 3 is 2.52 bits per heavy atom. The summed E-state index contributed by atoms with van der Waals surface area (Å²) in [7, 11) is 4.11. The Morgan fingerprint density at radius 2 is 1.79 bits per heavy atom. The highest BCUT2D eigenvalue weighted by Crippen LogP contribution is 2.20. The van der Waals surface area contributed by atoms with Gasteiger partial charge < -0.3 is 20.1 Å². The van der Waals surface area contributed by atoms with Crippen LogP contribution in [0.4, 0.5) is 5.69 Å².